The second-order valence-electron chi connectivity index (χ2n) is 17.1. The molecule has 0 saturated carbocycles. The number of benzene rings is 4. The van der Waals surface area contributed by atoms with Crippen LogP contribution in [0.2, 0.25) is 0 Å². The van der Waals surface area contributed by atoms with Crippen LogP contribution in [-0.2, 0) is 0 Å². The predicted molar refractivity (Wildman–Crippen MR) is 256 cm³/mol. The van der Waals surface area contributed by atoms with Crippen molar-refractivity contribution in [2.45, 2.75) is 117 Å². The summed E-state index contributed by atoms with van der Waals surface area (Å²) in [6, 6.07) is 30.0. The monoisotopic (exact) mass is 814 g/mol. The average Bonchev–Trinajstić information content (AvgIpc) is 3.72. The van der Waals surface area contributed by atoms with Crippen molar-refractivity contribution in [2.24, 2.45) is 15.7 Å². The van der Waals surface area contributed by atoms with Gasteiger partial charge in [-0.25, -0.2) is 9.98 Å². The lowest BCUT2D eigenvalue weighted by Crippen LogP contribution is -2.47. The van der Waals surface area contributed by atoms with E-state index in [0.29, 0.717) is 11.7 Å². The maximum absolute atomic E-state index is 5.88. The Morgan fingerprint density at radius 2 is 1.18 bits per heavy atom. The van der Waals surface area contributed by atoms with Crippen molar-refractivity contribution in [3.63, 3.8) is 0 Å². The van der Waals surface area contributed by atoms with Crippen molar-refractivity contribution in [2.75, 3.05) is 0 Å². The zero-order valence-corrected chi connectivity index (χ0v) is 39.4. The first-order valence-corrected chi connectivity index (χ1v) is 21.4. The number of aliphatic imine (C=N–C) groups is 2. The van der Waals surface area contributed by atoms with Gasteiger partial charge in [0.25, 0.3) is 5.82 Å². The maximum atomic E-state index is 5.88. The fourth-order valence-electron chi connectivity index (χ4n) is 8.53. The minimum absolute atomic E-state index is 0.277. The quantitative estimate of drug-likeness (QED) is 0.0988. The molecule has 3 heterocycles. The Morgan fingerprint density at radius 1 is 0.607 bits per heavy atom. The van der Waals surface area contributed by atoms with E-state index in [-0.39, 0.29) is 6.04 Å². The van der Waals surface area contributed by atoms with E-state index in [4.69, 9.17) is 15.7 Å². The van der Waals surface area contributed by atoms with Crippen LogP contribution in [0.5, 0.6) is 0 Å². The van der Waals surface area contributed by atoms with Crippen molar-refractivity contribution in [3.8, 4) is 28.5 Å². The number of aromatic nitrogens is 5. The first-order valence-electron chi connectivity index (χ1n) is 21.4. The predicted octanol–water partition coefficient (Wildman–Crippen LogP) is 12.1. The molecule has 2 N–H and O–H groups in total. The van der Waals surface area contributed by atoms with Gasteiger partial charge in [0.15, 0.2) is 5.84 Å². The molecule has 61 heavy (non-hydrogen) atoms. The van der Waals surface area contributed by atoms with Gasteiger partial charge in [-0.1, -0.05) is 54.1 Å². The third-order valence-corrected chi connectivity index (χ3v) is 12.4. The molecule has 8 nitrogen and oxygen atoms in total. The molecule has 7 aromatic rings. The lowest BCUT2D eigenvalue weighted by molar-refractivity contribution is -0.789. The van der Waals surface area contributed by atoms with E-state index in [9.17, 15) is 0 Å². The molecular formula is C53H65N8+. The largest absolute Gasteiger partial charge is 0.387 e. The fourth-order valence-corrected chi connectivity index (χ4v) is 8.53. The molecule has 0 unspecified atom stereocenters. The highest BCUT2D eigenvalue weighted by Crippen LogP contribution is 2.31. The number of aryl methyl sites for hydroxylation is 5. The van der Waals surface area contributed by atoms with Gasteiger partial charge in [0.05, 0.1) is 22.8 Å². The molecule has 8 heteroatoms. The van der Waals surface area contributed by atoms with Crippen molar-refractivity contribution >= 4 is 17.4 Å². The minimum Gasteiger partial charge on any atom is -0.387 e. The van der Waals surface area contributed by atoms with Gasteiger partial charge in [0.2, 0.25) is 0 Å². The molecule has 0 spiro atoms. The number of hydrogen-bond donors (Lipinski definition) is 1. The summed E-state index contributed by atoms with van der Waals surface area (Å²) in [5.74, 6) is 3.13. The van der Waals surface area contributed by atoms with E-state index < -0.39 is 0 Å². The molecule has 0 radical (unpaired) electrons. The van der Waals surface area contributed by atoms with Gasteiger partial charge >= 0.3 is 5.82 Å². The van der Waals surface area contributed by atoms with Crippen LogP contribution in [-0.4, -0.2) is 30.5 Å². The van der Waals surface area contributed by atoms with Crippen LogP contribution < -0.4 is 10.4 Å². The van der Waals surface area contributed by atoms with Gasteiger partial charge in [-0.05, 0) is 184 Å². The van der Waals surface area contributed by atoms with Crippen LogP contribution in [0.4, 0.5) is 5.69 Å². The van der Waals surface area contributed by atoms with Crippen LogP contribution in [0.3, 0.4) is 0 Å². The standard InChI is InChI=1S/C29H37N4.C24H28N4/c1-17(2)32-25(10)30-29(27-14-11-18(3)15-20(27)5)33(32)28-16-26(13-12-19(28)4)31-23(8)21(6)22(7)24(31)9;1-15-10-7-8-13-23(15)24(26-20(6)25)27-21-11-9-12-22(14-21)28-18(4)16(2)17(3)19(28)5/h11-17H,1-10H3;7-14H,1-6H3,(H2,25,26,27)/q+1;. The summed E-state index contributed by atoms with van der Waals surface area (Å²) in [7, 11) is 0. The normalized spacial score (nSPS) is 12.0. The third-order valence-electron chi connectivity index (χ3n) is 12.4. The molecule has 0 aliphatic heterocycles. The molecule has 0 aliphatic rings. The van der Waals surface area contributed by atoms with Gasteiger partial charge in [-0.15, -0.1) is 9.36 Å². The highest BCUT2D eigenvalue weighted by Gasteiger charge is 2.29. The lowest BCUT2D eigenvalue weighted by Gasteiger charge is -2.17. The minimum atomic E-state index is 0.277. The molecule has 0 aliphatic carbocycles. The highest BCUT2D eigenvalue weighted by molar-refractivity contribution is 6.07. The van der Waals surface area contributed by atoms with Crippen molar-refractivity contribution in [3.05, 3.63) is 164 Å². The lowest BCUT2D eigenvalue weighted by atomic mass is 10.0. The second kappa shape index (κ2) is 17.7. The van der Waals surface area contributed by atoms with Crippen molar-refractivity contribution < 1.29 is 4.68 Å². The summed E-state index contributed by atoms with van der Waals surface area (Å²) in [5, 5.41) is 0. The molecule has 0 fully saturated rings. The number of rotatable bonds is 7. The molecule has 0 atom stereocenters. The molecule has 0 bridgehead atoms. The molecular weight excluding hydrogens is 749 g/mol. The summed E-state index contributed by atoms with van der Waals surface area (Å²) in [6.07, 6.45) is 0. The molecule has 316 valence electrons. The van der Waals surface area contributed by atoms with E-state index in [1.165, 1.54) is 78.7 Å². The van der Waals surface area contributed by atoms with E-state index in [2.05, 4.69) is 182 Å². The summed E-state index contributed by atoms with van der Waals surface area (Å²) in [5.41, 5.74) is 27.7. The fraction of sp³-hybridized carbons (Fsp3) is 0.321. The number of hydrogen-bond acceptors (Lipinski definition) is 2. The van der Waals surface area contributed by atoms with E-state index in [0.717, 1.165) is 34.2 Å². The van der Waals surface area contributed by atoms with Crippen LogP contribution in [0.1, 0.15) is 105 Å². The summed E-state index contributed by atoms with van der Waals surface area (Å²) >= 11 is 0. The summed E-state index contributed by atoms with van der Waals surface area (Å²) in [6.45, 7) is 34.4. The van der Waals surface area contributed by atoms with Gasteiger partial charge in [0.1, 0.15) is 6.04 Å². The second-order valence-corrected chi connectivity index (χ2v) is 17.1. The van der Waals surface area contributed by atoms with Crippen molar-refractivity contribution in [1.82, 2.24) is 18.8 Å². The van der Waals surface area contributed by atoms with Gasteiger partial charge < -0.3 is 14.9 Å². The SMILES string of the molecule is CC(N)=NC(=Nc1cccc(-n2c(C)c(C)c(C)c2C)c1)c1ccccc1C.Cc1ccc(-c2nc(C)[n+](C(C)C)n2-c2cc(-n3c(C)c(C)c(C)c3C)ccc2C)c(C)c1. The summed E-state index contributed by atoms with van der Waals surface area (Å²) < 4.78 is 9.31. The average molecular weight is 814 g/mol. The number of nitrogens with zero attached hydrogens (tertiary/aromatic N) is 7. The number of nitrogens with two attached hydrogens (primary N) is 1. The Labute approximate surface area is 364 Å². The molecule has 4 aromatic carbocycles. The Hall–Kier alpha value is -6.28. The highest BCUT2D eigenvalue weighted by atomic mass is 15.5. The Morgan fingerprint density at radius 3 is 1.72 bits per heavy atom. The van der Waals surface area contributed by atoms with Crippen LogP contribution in [0.15, 0.2) is 94.9 Å². The van der Waals surface area contributed by atoms with Crippen molar-refractivity contribution in [1.29, 1.82) is 0 Å². The first-order chi connectivity index (χ1) is 28.8. The number of amidine groups is 2. The zero-order chi connectivity index (χ0) is 44.6. The molecule has 0 amide bonds. The van der Waals surface area contributed by atoms with E-state index in [1.807, 2.05) is 30.3 Å². The Kier molecular flexibility index (Phi) is 12.9. The van der Waals surface area contributed by atoms with Crippen LogP contribution in [0, 0.1) is 90.0 Å². The summed E-state index contributed by atoms with van der Waals surface area (Å²) in [4.78, 5) is 14.4. The third kappa shape index (κ3) is 8.67. The van der Waals surface area contributed by atoms with Gasteiger partial charge in [0, 0.05) is 46.6 Å². The molecule has 3 aromatic heterocycles. The van der Waals surface area contributed by atoms with E-state index in [1.54, 1.807) is 6.92 Å². The molecule has 0 saturated heterocycles. The van der Waals surface area contributed by atoms with Gasteiger partial charge in [-0.2, -0.15) is 0 Å². The zero-order valence-electron chi connectivity index (χ0n) is 39.4. The Bertz CT molecular complexity index is 2780. The van der Waals surface area contributed by atoms with Crippen LogP contribution >= 0.6 is 0 Å². The first kappa shape index (κ1) is 44.3. The maximum Gasteiger partial charge on any atom is 0.317 e. The van der Waals surface area contributed by atoms with E-state index >= 15 is 0 Å². The molecule has 7 rings (SSSR count). The topological polar surface area (TPSA) is 82.3 Å². The smallest absolute Gasteiger partial charge is 0.317 e. The van der Waals surface area contributed by atoms with Gasteiger partial charge in [-0.3, -0.25) is 0 Å². The Balaban J connectivity index is 0.000000207. The van der Waals surface area contributed by atoms with Crippen LogP contribution in [0.25, 0.3) is 28.5 Å².